The SMILES string of the molecule is COc1ccccc1OCC(=O)Nc1ccc2c(c1)C(=O)N1CCCCC1CCO2. The van der Waals surface area contributed by atoms with Gasteiger partial charge in [-0.3, -0.25) is 9.59 Å². The van der Waals surface area contributed by atoms with Gasteiger partial charge in [0.2, 0.25) is 0 Å². The summed E-state index contributed by atoms with van der Waals surface area (Å²) in [5.74, 6) is 1.26. The molecule has 7 heteroatoms. The summed E-state index contributed by atoms with van der Waals surface area (Å²) in [5, 5.41) is 2.80. The Bertz CT molecular complexity index is 930. The number of anilines is 1. The summed E-state index contributed by atoms with van der Waals surface area (Å²) < 4.78 is 16.6. The van der Waals surface area contributed by atoms with Crippen LogP contribution < -0.4 is 19.5 Å². The first-order valence-electron chi connectivity index (χ1n) is 10.3. The van der Waals surface area contributed by atoms with E-state index in [4.69, 9.17) is 14.2 Å². The lowest BCUT2D eigenvalue weighted by Crippen LogP contribution is -2.45. The van der Waals surface area contributed by atoms with Crippen molar-refractivity contribution in [1.29, 1.82) is 0 Å². The predicted octanol–water partition coefficient (Wildman–Crippen LogP) is 3.49. The molecule has 1 atom stereocenters. The first kappa shape index (κ1) is 20.1. The molecule has 0 bridgehead atoms. The Morgan fingerprint density at radius 3 is 2.83 bits per heavy atom. The molecule has 158 valence electrons. The van der Waals surface area contributed by atoms with Crippen molar-refractivity contribution in [2.24, 2.45) is 0 Å². The van der Waals surface area contributed by atoms with E-state index in [2.05, 4.69) is 5.32 Å². The van der Waals surface area contributed by atoms with Gasteiger partial charge in [-0.1, -0.05) is 12.1 Å². The van der Waals surface area contributed by atoms with Gasteiger partial charge in [-0.15, -0.1) is 0 Å². The fraction of sp³-hybridized carbons (Fsp3) is 0.391. The molecule has 7 nitrogen and oxygen atoms in total. The summed E-state index contributed by atoms with van der Waals surface area (Å²) in [6, 6.07) is 12.5. The van der Waals surface area contributed by atoms with E-state index in [9.17, 15) is 9.59 Å². The van der Waals surface area contributed by atoms with Gasteiger partial charge in [0.05, 0.1) is 19.3 Å². The van der Waals surface area contributed by atoms with E-state index >= 15 is 0 Å². The van der Waals surface area contributed by atoms with Gasteiger partial charge < -0.3 is 24.4 Å². The molecule has 1 fully saturated rings. The lowest BCUT2D eigenvalue weighted by Gasteiger charge is -2.37. The van der Waals surface area contributed by atoms with Crippen molar-refractivity contribution >= 4 is 17.5 Å². The number of fused-ring (bicyclic) bond motifs is 2. The number of hydrogen-bond donors (Lipinski definition) is 1. The predicted molar refractivity (Wildman–Crippen MR) is 112 cm³/mol. The largest absolute Gasteiger partial charge is 0.493 e. The van der Waals surface area contributed by atoms with Crippen LogP contribution in [0.4, 0.5) is 5.69 Å². The molecule has 0 saturated carbocycles. The Morgan fingerprint density at radius 1 is 1.17 bits per heavy atom. The normalized spacial score (nSPS) is 18.2. The van der Waals surface area contributed by atoms with Crippen molar-refractivity contribution in [3.05, 3.63) is 48.0 Å². The van der Waals surface area contributed by atoms with Crippen LogP contribution in [0.1, 0.15) is 36.0 Å². The Balaban J connectivity index is 1.45. The molecule has 2 aliphatic rings. The number of para-hydroxylation sites is 2. The third kappa shape index (κ3) is 4.35. The molecule has 2 heterocycles. The number of methoxy groups -OCH3 is 1. The van der Waals surface area contributed by atoms with E-state index < -0.39 is 0 Å². The van der Waals surface area contributed by atoms with Crippen LogP contribution in [0.2, 0.25) is 0 Å². The average molecular weight is 410 g/mol. The molecular weight excluding hydrogens is 384 g/mol. The van der Waals surface area contributed by atoms with Gasteiger partial charge in [0, 0.05) is 24.7 Å². The van der Waals surface area contributed by atoms with Crippen LogP contribution in [-0.2, 0) is 4.79 Å². The van der Waals surface area contributed by atoms with Gasteiger partial charge in [0.25, 0.3) is 11.8 Å². The minimum atomic E-state index is -0.323. The van der Waals surface area contributed by atoms with Crippen molar-refractivity contribution in [2.45, 2.75) is 31.7 Å². The minimum Gasteiger partial charge on any atom is -0.493 e. The first-order chi connectivity index (χ1) is 14.7. The van der Waals surface area contributed by atoms with Crippen LogP contribution in [0.5, 0.6) is 17.2 Å². The number of carbonyl (C=O) groups excluding carboxylic acids is 2. The molecule has 1 saturated heterocycles. The highest BCUT2D eigenvalue weighted by molar-refractivity contribution is 6.00. The molecule has 0 aliphatic carbocycles. The summed E-state index contributed by atoms with van der Waals surface area (Å²) in [7, 11) is 1.55. The van der Waals surface area contributed by atoms with Gasteiger partial charge in [-0.2, -0.15) is 0 Å². The zero-order chi connectivity index (χ0) is 20.9. The van der Waals surface area contributed by atoms with Gasteiger partial charge in [0.1, 0.15) is 5.75 Å². The Kier molecular flexibility index (Phi) is 6.07. The lowest BCUT2D eigenvalue weighted by molar-refractivity contribution is -0.118. The number of ether oxygens (including phenoxy) is 3. The maximum absolute atomic E-state index is 13.1. The number of amides is 2. The summed E-state index contributed by atoms with van der Waals surface area (Å²) in [4.78, 5) is 27.5. The second-order valence-corrected chi connectivity index (χ2v) is 7.48. The van der Waals surface area contributed by atoms with E-state index in [0.29, 0.717) is 35.1 Å². The quantitative estimate of drug-likeness (QED) is 0.817. The van der Waals surface area contributed by atoms with Gasteiger partial charge in [0.15, 0.2) is 18.1 Å². The molecule has 0 spiro atoms. The highest BCUT2D eigenvalue weighted by Crippen LogP contribution is 2.31. The smallest absolute Gasteiger partial charge is 0.262 e. The Morgan fingerprint density at radius 2 is 2.00 bits per heavy atom. The molecule has 2 aliphatic heterocycles. The summed E-state index contributed by atoms with van der Waals surface area (Å²) >= 11 is 0. The number of piperidine rings is 1. The van der Waals surface area contributed by atoms with E-state index in [1.54, 1.807) is 37.4 Å². The topological polar surface area (TPSA) is 77.1 Å². The molecule has 0 radical (unpaired) electrons. The maximum Gasteiger partial charge on any atom is 0.262 e. The van der Waals surface area contributed by atoms with Crippen molar-refractivity contribution in [2.75, 3.05) is 32.2 Å². The third-order valence-electron chi connectivity index (χ3n) is 5.52. The highest BCUT2D eigenvalue weighted by Gasteiger charge is 2.31. The lowest BCUT2D eigenvalue weighted by atomic mass is 9.97. The zero-order valence-electron chi connectivity index (χ0n) is 17.1. The van der Waals surface area contributed by atoms with Crippen LogP contribution in [-0.4, -0.2) is 49.6 Å². The van der Waals surface area contributed by atoms with Crippen LogP contribution in [0, 0.1) is 0 Å². The molecule has 1 N–H and O–H groups in total. The maximum atomic E-state index is 13.1. The minimum absolute atomic E-state index is 0.0317. The number of benzene rings is 2. The van der Waals surface area contributed by atoms with Gasteiger partial charge >= 0.3 is 0 Å². The van der Waals surface area contributed by atoms with Gasteiger partial charge in [-0.05, 0) is 49.6 Å². The van der Waals surface area contributed by atoms with Crippen LogP contribution >= 0.6 is 0 Å². The number of carbonyl (C=O) groups is 2. The Hall–Kier alpha value is -3.22. The summed E-state index contributed by atoms with van der Waals surface area (Å²) in [6.07, 6.45) is 4.03. The fourth-order valence-corrected chi connectivity index (χ4v) is 4.01. The van der Waals surface area contributed by atoms with Crippen molar-refractivity contribution in [3.8, 4) is 17.2 Å². The molecule has 2 aromatic rings. The molecule has 0 aromatic heterocycles. The highest BCUT2D eigenvalue weighted by atomic mass is 16.5. The third-order valence-corrected chi connectivity index (χ3v) is 5.52. The number of nitrogens with one attached hydrogen (secondary N) is 1. The van der Waals surface area contributed by atoms with Crippen LogP contribution in [0.25, 0.3) is 0 Å². The van der Waals surface area contributed by atoms with Crippen LogP contribution in [0.15, 0.2) is 42.5 Å². The number of nitrogens with zero attached hydrogens (tertiary/aromatic N) is 1. The van der Waals surface area contributed by atoms with E-state index in [1.165, 1.54) is 0 Å². The van der Waals surface area contributed by atoms with Gasteiger partial charge in [-0.25, -0.2) is 0 Å². The fourth-order valence-electron chi connectivity index (χ4n) is 4.01. The number of rotatable bonds is 5. The standard InChI is InChI=1S/C23H26N2O5/c1-28-20-7-2-3-8-21(20)30-15-22(26)24-16-9-10-19-18(14-16)23(27)25-12-5-4-6-17(25)11-13-29-19/h2-3,7-10,14,17H,4-6,11-13,15H2,1H3,(H,24,26). The number of hydrogen-bond acceptors (Lipinski definition) is 5. The zero-order valence-corrected chi connectivity index (χ0v) is 17.1. The monoisotopic (exact) mass is 410 g/mol. The molecule has 2 amide bonds. The first-order valence-corrected chi connectivity index (χ1v) is 10.3. The second kappa shape index (κ2) is 9.07. The van der Waals surface area contributed by atoms with Crippen molar-refractivity contribution in [1.82, 2.24) is 4.90 Å². The second-order valence-electron chi connectivity index (χ2n) is 7.48. The molecule has 2 aromatic carbocycles. The molecule has 30 heavy (non-hydrogen) atoms. The molecule has 1 unspecified atom stereocenters. The summed E-state index contributed by atoms with van der Waals surface area (Å²) in [6.45, 7) is 1.18. The van der Waals surface area contributed by atoms with Crippen LogP contribution in [0.3, 0.4) is 0 Å². The molecule has 4 rings (SSSR count). The Labute approximate surface area is 175 Å². The molecular formula is C23H26N2O5. The van der Waals surface area contributed by atoms with Crippen molar-refractivity contribution in [3.63, 3.8) is 0 Å². The van der Waals surface area contributed by atoms with E-state index in [1.807, 2.05) is 17.0 Å². The summed E-state index contributed by atoms with van der Waals surface area (Å²) in [5.41, 5.74) is 1.03. The average Bonchev–Trinajstić information content (AvgIpc) is 2.77. The van der Waals surface area contributed by atoms with Crippen molar-refractivity contribution < 1.29 is 23.8 Å². The van der Waals surface area contributed by atoms with E-state index in [-0.39, 0.29) is 24.5 Å². The van der Waals surface area contributed by atoms with E-state index in [0.717, 1.165) is 32.2 Å².